The third-order valence-corrected chi connectivity index (χ3v) is 4.17. The first-order valence-corrected chi connectivity index (χ1v) is 11.4. The van der Waals surface area contributed by atoms with Gasteiger partial charge in [0.15, 0.2) is 9.04 Å². The molecule has 138 valence electrons. The zero-order chi connectivity index (χ0) is 18.4. The SMILES string of the molecule is CC(N)CCN(CC(O[SiH](C)C)C(C)(C)C)C(=O)OC(C)(C)C. The van der Waals surface area contributed by atoms with Gasteiger partial charge in [-0.1, -0.05) is 20.8 Å². The second-order valence-electron chi connectivity index (χ2n) is 8.73. The highest BCUT2D eigenvalue weighted by Gasteiger charge is 2.31. The molecule has 0 aliphatic rings. The number of carbonyl (C=O) groups is 1. The number of ether oxygens (including phenoxy) is 1. The summed E-state index contributed by atoms with van der Waals surface area (Å²) in [5.41, 5.74) is 5.32. The molecule has 0 saturated heterocycles. The second-order valence-corrected chi connectivity index (χ2v) is 11.1. The van der Waals surface area contributed by atoms with Gasteiger partial charge >= 0.3 is 6.09 Å². The van der Waals surface area contributed by atoms with Crippen molar-refractivity contribution < 1.29 is 14.0 Å². The lowest BCUT2D eigenvalue weighted by Crippen LogP contribution is -2.47. The van der Waals surface area contributed by atoms with Crippen molar-refractivity contribution in [2.75, 3.05) is 13.1 Å². The minimum atomic E-state index is -1.20. The second kappa shape index (κ2) is 9.04. The highest BCUT2D eigenvalue weighted by atomic mass is 28.3. The zero-order valence-electron chi connectivity index (χ0n) is 16.6. The van der Waals surface area contributed by atoms with Gasteiger partial charge in [-0.2, -0.15) is 0 Å². The van der Waals surface area contributed by atoms with Crippen LogP contribution in [0.15, 0.2) is 0 Å². The van der Waals surface area contributed by atoms with Crippen molar-refractivity contribution in [1.82, 2.24) is 4.90 Å². The Morgan fingerprint density at radius 3 is 2.04 bits per heavy atom. The summed E-state index contributed by atoms with van der Waals surface area (Å²) in [6.07, 6.45) is 0.450. The van der Waals surface area contributed by atoms with E-state index in [0.717, 1.165) is 6.42 Å². The summed E-state index contributed by atoms with van der Waals surface area (Å²) in [6.45, 7) is 19.5. The third-order valence-electron chi connectivity index (χ3n) is 3.29. The predicted octanol–water partition coefficient (Wildman–Crippen LogP) is 3.38. The monoisotopic (exact) mass is 346 g/mol. The molecular weight excluding hydrogens is 308 g/mol. The van der Waals surface area contributed by atoms with Crippen molar-refractivity contribution in [3.8, 4) is 0 Å². The fourth-order valence-corrected chi connectivity index (χ4v) is 3.14. The lowest BCUT2D eigenvalue weighted by molar-refractivity contribution is 0.00269. The topological polar surface area (TPSA) is 64.8 Å². The van der Waals surface area contributed by atoms with Crippen LogP contribution < -0.4 is 5.73 Å². The van der Waals surface area contributed by atoms with Gasteiger partial charge in [0.05, 0.1) is 6.10 Å². The van der Waals surface area contributed by atoms with Crippen LogP contribution >= 0.6 is 0 Å². The molecule has 2 atom stereocenters. The van der Waals surface area contributed by atoms with E-state index in [0.29, 0.717) is 13.1 Å². The Labute approximate surface area is 144 Å². The molecule has 0 saturated carbocycles. The molecule has 0 aliphatic heterocycles. The third kappa shape index (κ3) is 10.7. The normalized spacial score (nSPS) is 15.4. The summed E-state index contributed by atoms with van der Waals surface area (Å²) in [5, 5.41) is 0. The molecule has 5 nitrogen and oxygen atoms in total. The smallest absolute Gasteiger partial charge is 0.410 e. The van der Waals surface area contributed by atoms with Gasteiger partial charge in [-0.3, -0.25) is 0 Å². The Bertz CT molecular complexity index is 360. The van der Waals surface area contributed by atoms with Gasteiger partial charge in [0, 0.05) is 19.1 Å². The summed E-state index contributed by atoms with van der Waals surface area (Å²) < 4.78 is 11.7. The van der Waals surface area contributed by atoms with E-state index >= 15 is 0 Å². The summed E-state index contributed by atoms with van der Waals surface area (Å²) in [7, 11) is -1.20. The van der Waals surface area contributed by atoms with Gasteiger partial charge in [0.2, 0.25) is 0 Å². The molecule has 6 heteroatoms. The lowest BCUT2D eigenvalue weighted by atomic mass is 9.89. The van der Waals surface area contributed by atoms with Crippen molar-refractivity contribution in [3.05, 3.63) is 0 Å². The molecule has 0 aromatic heterocycles. The molecular formula is C17H38N2O3Si. The van der Waals surface area contributed by atoms with Crippen LogP contribution in [0.4, 0.5) is 4.79 Å². The fraction of sp³-hybridized carbons (Fsp3) is 0.941. The highest BCUT2D eigenvalue weighted by Crippen LogP contribution is 2.25. The molecule has 23 heavy (non-hydrogen) atoms. The molecule has 0 rings (SSSR count). The van der Waals surface area contributed by atoms with Crippen LogP contribution in [0.3, 0.4) is 0 Å². The van der Waals surface area contributed by atoms with E-state index in [2.05, 4.69) is 33.9 Å². The van der Waals surface area contributed by atoms with Crippen LogP contribution in [0.2, 0.25) is 13.1 Å². The van der Waals surface area contributed by atoms with E-state index in [-0.39, 0.29) is 23.7 Å². The average Bonchev–Trinajstić information content (AvgIpc) is 2.28. The molecule has 0 bridgehead atoms. The zero-order valence-corrected chi connectivity index (χ0v) is 17.8. The van der Waals surface area contributed by atoms with Crippen LogP contribution in [-0.2, 0) is 9.16 Å². The van der Waals surface area contributed by atoms with E-state index in [1.807, 2.05) is 27.7 Å². The average molecular weight is 347 g/mol. The molecule has 0 spiro atoms. The number of nitrogens with zero attached hydrogens (tertiary/aromatic N) is 1. The number of rotatable bonds is 7. The summed E-state index contributed by atoms with van der Waals surface area (Å²) in [5.74, 6) is 0. The summed E-state index contributed by atoms with van der Waals surface area (Å²) in [4.78, 5) is 14.3. The number of amides is 1. The van der Waals surface area contributed by atoms with Gasteiger partial charge in [-0.15, -0.1) is 0 Å². The van der Waals surface area contributed by atoms with Crippen molar-refractivity contribution in [2.45, 2.75) is 85.7 Å². The molecule has 1 amide bonds. The molecule has 0 aromatic rings. The van der Waals surface area contributed by atoms with Crippen molar-refractivity contribution in [1.29, 1.82) is 0 Å². The Kier molecular flexibility index (Phi) is 8.80. The van der Waals surface area contributed by atoms with E-state index in [1.54, 1.807) is 4.90 Å². The van der Waals surface area contributed by atoms with Gasteiger partial charge < -0.3 is 19.8 Å². The first kappa shape index (κ1) is 22.4. The standard InChI is InChI=1S/C17H38N2O3Si/c1-13(18)10-11-19(15(20)21-17(5,6)7)12-14(16(2,3)4)22-23(8)9/h13-14,23H,10-12,18H2,1-9H3. The van der Waals surface area contributed by atoms with Crippen LogP contribution in [0.5, 0.6) is 0 Å². The molecule has 0 heterocycles. The first-order chi connectivity index (χ1) is 10.2. The number of carbonyl (C=O) groups excluding carboxylic acids is 1. The van der Waals surface area contributed by atoms with E-state index < -0.39 is 14.6 Å². The highest BCUT2D eigenvalue weighted by molar-refractivity contribution is 6.48. The maximum absolute atomic E-state index is 12.5. The fourth-order valence-electron chi connectivity index (χ4n) is 1.99. The van der Waals surface area contributed by atoms with E-state index in [4.69, 9.17) is 14.9 Å². The Morgan fingerprint density at radius 1 is 1.17 bits per heavy atom. The van der Waals surface area contributed by atoms with Crippen molar-refractivity contribution in [2.24, 2.45) is 11.1 Å². The van der Waals surface area contributed by atoms with Crippen LogP contribution in [0.1, 0.15) is 54.9 Å². The maximum atomic E-state index is 12.5. The van der Waals surface area contributed by atoms with Crippen LogP contribution in [-0.4, -0.2) is 50.9 Å². The van der Waals surface area contributed by atoms with E-state index in [1.165, 1.54) is 0 Å². The largest absolute Gasteiger partial charge is 0.444 e. The molecule has 0 aromatic carbocycles. The minimum absolute atomic E-state index is 0.00485. The van der Waals surface area contributed by atoms with Gasteiger partial charge in [-0.25, -0.2) is 4.79 Å². The minimum Gasteiger partial charge on any atom is -0.444 e. The van der Waals surface area contributed by atoms with E-state index in [9.17, 15) is 4.79 Å². The van der Waals surface area contributed by atoms with Crippen LogP contribution in [0.25, 0.3) is 0 Å². The molecule has 0 radical (unpaired) electrons. The number of hydrogen-bond donors (Lipinski definition) is 1. The van der Waals surface area contributed by atoms with Gasteiger partial charge in [-0.05, 0) is 52.6 Å². The predicted molar refractivity (Wildman–Crippen MR) is 99.3 cm³/mol. The Balaban J connectivity index is 5.12. The van der Waals surface area contributed by atoms with Crippen molar-refractivity contribution >= 4 is 15.1 Å². The molecule has 0 aliphatic carbocycles. The quantitative estimate of drug-likeness (QED) is 0.718. The van der Waals surface area contributed by atoms with Gasteiger partial charge in [0.25, 0.3) is 0 Å². The Morgan fingerprint density at radius 2 is 1.70 bits per heavy atom. The molecule has 2 N–H and O–H groups in total. The van der Waals surface area contributed by atoms with Gasteiger partial charge in [0.1, 0.15) is 5.60 Å². The molecule has 2 unspecified atom stereocenters. The maximum Gasteiger partial charge on any atom is 0.410 e. The summed E-state index contributed by atoms with van der Waals surface area (Å²) in [6, 6.07) is 0.0495. The summed E-state index contributed by atoms with van der Waals surface area (Å²) >= 11 is 0. The molecule has 0 fully saturated rings. The first-order valence-electron chi connectivity index (χ1n) is 8.61. The Hall–Kier alpha value is -0.593. The van der Waals surface area contributed by atoms with Crippen molar-refractivity contribution in [3.63, 3.8) is 0 Å². The number of hydrogen-bond acceptors (Lipinski definition) is 4. The lowest BCUT2D eigenvalue weighted by Gasteiger charge is -2.37. The van der Waals surface area contributed by atoms with Crippen LogP contribution in [0, 0.1) is 5.41 Å². The number of nitrogens with two attached hydrogens (primary N) is 1.